The average Bonchev–Trinajstić information content (AvgIpc) is 3.30. The molecule has 2 fully saturated rings. The van der Waals surface area contributed by atoms with Gasteiger partial charge in [0.2, 0.25) is 0 Å². The molecule has 1 atom stereocenters. The van der Waals surface area contributed by atoms with E-state index >= 15 is 0 Å². The molecule has 6 nitrogen and oxygen atoms in total. The third kappa shape index (κ3) is 4.76. The minimum Gasteiger partial charge on any atom is -0.298 e. The summed E-state index contributed by atoms with van der Waals surface area (Å²) in [6, 6.07) is 20.2. The first-order valence-corrected chi connectivity index (χ1v) is 12.1. The molecule has 0 radical (unpaired) electrons. The van der Waals surface area contributed by atoms with Gasteiger partial charge in [-0.05, 0) is 41.3 Å². The van der Waals surface area contributed by atoms with Crippen molar-refractivity contribution in [2.75, 3.05) is 26.2 Å². The molecule has 1 aromatic heterocycles. The monoisotopic (exact) mass is 430 g/mol. The molecular formula is C26H34N6. The number of aryl methyl sites for hydroxylation is 1. The van der Waals surface area contributed by atoms with Crippen molar-refractivity contribution >= 4 is 0 Å². The van der Waals surface area contributed by atoms with E-state index in [2.05, 4.69) is 80.8 Å². The van der Waals surface area contributed by atoms with E-state index in [-0.39, 0.29) is 6.04 Å². The Balaban J connectivity index is 1.39. The van der Waals surface area contributed by atoms with Gasteiger partial charge in [0.25, 0.3) is 0 Å². The van der Waals surface area contributed by atoms with Crippen LogP contribution in [-0.2, 0) is 6.54 Å². The van der Waals surface area contributed by atoms with E-state index in [4.69, 9.17) is 0 Å². The second-order valence-electron chi connectivity index (χ2n) is 9.36. The predicted octanol–water partition coefficient (Wildman–Crippen LogP) is 4.07. The molecule has 1 aliphatic heterocycles. The Kier molecular flexibility index (Phi) is 6.60. The molecule has 2 aliphatic rings. The van der Waals surface area contributed by atoms with E-state index in [1.54, 1.807) is 0 Å². The smallest absolute Gasteiger partial charge is 0.173 e. The molecule has 3 aromatic rings. The molecule has 2 aromatic carbocycles. The van der Waals surface area contributed by atoms with Gasteiger partial charge in [-0.15, -0.1) is 5.10 Å². The highest BCUT2D eigenvalue weighted by atomic mass is 15.6. The Hall–Kier alpha value is -2.57. The highest BCUT2D eigenvalue weighted by Crippen LogP contribution is 2.30. The maximum Gasteiger partial charge on any atom is 0.173 e. The van der Waals surface area contributed by atoms with Gasteiger partial charge in [0.1, 0.15) is 0 Å². The van der Waals surface area contributed by atoms with Crippen molar-refractivity contribution < 1.29 is 0 Å². The molecule has 32 heavy (non-hydrogen) atoms. The minimum absolute atomic E-state index is 0.0721. The summed E-state index contributed by atoms with van der Waals surface area (Å²) in [5, 5.41) is 13.0. The fourth-order valence-corrected chi connectivity index (χ4v) is 5.36. The molecule has 1 saturated carbocycles. The van der Waals surface area contributed by atoms with Crippen LogP contribution >= 0.6 is 0 Å². The van der Waals surface area contributed by atoms with Crippen LogP contribution in [0.5, 0.6) is 0 Å². The third-order valence-corrected chi connectivity index (χ3v) is 7.18. The standard InChI is InChI=1S/C26H34N6/c1-21-12-14-23(15-13-21)25(26-27-28-29-32(26)20-22-8-4-2-5-9-22)31-18-16-30(17-19-31)24-10-6-3-7-11-24/h2,4-5,8-9,12-15,24-25H,3,6-7,10-11,16-20H2,1H3/t25-/m1/s1. The fourth-order valence-electron chi connectivity index (χ4n) is 5.36. The molecular weight excluding hydrogens is 396 g/mol. The fraction of sp³-hybridized carbons (Fsp3) is 0.500. The van der Waals surface area contributed by atoms with Crippen molar-refractivity contribution in [3.05, 3.63) is 77.1 Å². The summed E-state index contributed by atoms with van der Waals surface area (Å²) in [4.78, 5) is 5.31. The van der Waals surface area contributed by atoms with Crippen LogP contribution in [0.4, 0.5) is 0 Å². The number of aromatic nitrogens is 4. The summed E-state index contributed by atoms with van der Waals surface area (Å²) in [6.45, 7) is 7.19. The summed E-state index contributed by atoms with van der Waals surface area (Å²) in [5.74, 6) is 0.934. The van der Waals surface area contributed by atoms with Crippen molar-refractivity contribution in [3.8, 4) is 0 Å². The van der Waals surface area contributed by atoms with Crippen molar-refractivity contribution in [1.29, 1.82) is 0 Å². The highest BCUT2D eigenvalue weighted by molar-refractivity contribution is 5.29. The molecule has 6 heteroatoms. The molecule has 0 bridgehead atoms. The topological polar surface area (TPSA) is 50.1 Å². The normalized spacial score (nSPS) is 19.8. The van der Waals surface area contributed by atoms with E-state index in [1.165, 1.54) is 48.8 Å². The van der Waals surface area contributed by atoms with Gasteiger partial charge >= 0.3 is 0 Å². The highest BCUT2D eigenvalue weighted by Gasteiger charge is 2.32. The molecule has 1 saturated heterocycles. The Morgan fingerprint density at radius 2 is 1.59 bits per heavy atom. The Bertz CT molecular complexity index is 969. The minimum atomic E-state index is 0.0721. The van der Waals surface area contributed by atoms with Crippen molar-refractivity contribution in [1.82, 2.24) is 30.0 Å². The zero-order chi connectivity index (χ0) is 21.8. The first-order chi connectivity index (χ1) is 15.8. The first-order valence-electron chi connectivity index (χ1n) is 12.1. The van der Waals surface area contributed by atoms with Gasteiger partial charge in [-0.3, -0.25) is 9.80 Å². The summed E-state index contributed by atoms with van der Waals surface area (Å²) in [5.41, 5.74) is 3.76. The Labute approximate surface area is 191 Å². The van der Waals surface area contributed by atoms with Crippen LogP contribution in [0.3, 0.4) is 0 Å². The summed E-state index contributed by atoms with van der Waals surface area (Å²) >= 11 is 0. The van der Waals surface area contributed by atoms with Gasteiger partial charge in [0.15, 0.2) is 5.82 Å². The molecule has 168 valence electrons. The molecule has 1 aliphatic carbocycles. The maximum atomic E-state index is 4.54. The van der Waals surface area contributed by atoms with Crippen LogP contribution in [0.25, 0.3) is 0 Å². The van der Waals surface area contributed by atoms with Crippen LogP contribution in [0.1, 0.15) is 60.7 Å². The summed E-state index contributed by atoms with van der Waals surface area (Å²) < 4.78 is 1.98. The molecule has 0 N–H and O–H groups in total. The molecule has 2 heterocycles. The lowest BCUT2D eigenvalue weighted by molar-refractivity contribution is 0.0620. The second kappa shape index (κ2) is 9.92. The molecule has 0 amide bonds. The van der Waals surface area contributed by atoms with E-state index < -0.39 is 0 Å². The van der Waals surface area contributed by atoms with Crippen molar-refractivity contribution in [2.45, 2.75) is 57.7 Å². The van der Waals surface area contributed by atoms with E-state index in [1.807, 2.05) is 10.7 Å². The largest absolute Gasteiger partial charge is 0.298 e. The van der Waals surface area contributed by atoms with Crippen molar-refractivity contribution in [2.24, 2.45) is 0 Å². The number of nitrogens with zero attached hydrogens (tertiary/aromatic N) is 6. The third-order valence-electron chi connectivity index (χ3n) is 7.18. The summed E-state index contributed by atoms with van der Waals surface area (Å²) in [7, 11) is 0. The molecule has 5 rings (SSSR count). The number of tetrazole rings is 1. The van der Waals surface area contributed by atoms with Crippen molar-refractivity contribution in [3.63, 3.8) is 0 Å². The van der Waals surface area contributed by atoms with E-state index in [9.17, 15) is 0 Å². The average molecular weight is 431 g/mol. The predicted molar refractivity (Wildman–Crippen MR) is 126 cm³/mol. The van der Waals surface area contributed by atoms with Gasteiger partial charge in [0, 0.05) is 32.2 Å². The Morgan fingerprint density at radius 1 is 0.875 bits per heavy atom. The number of hydrogen-bond acceptors (Lipinski definition) is 5. The summed E-state index contributed by atoms with van der Waals surface area (Å²) in [6.07, 6.45) is 6.94. The van der Waals surface area contributed by atoms with E-state index in [0.29, 0.717) is 6.54 Å². The second-order valence-corrected chi connectivity index (χ2v) is 9.36. The van der Waals surface area contributed by atoms with Crippen LogP contribution in [0, 0.1) is 6.92 Å². The molecule has 0 unspecified atom stereocenters. The lowest BCUT2D eigenvalue weighted by Gasteiger charge is -2.43. The number of benzene rings is 2. The van der Waals surface area contributed by atoms with Gasteiger partial charge in [-0.2, -0.15) is 0 Å². The number of rotatable bonds is 6. The zero-order valence-electron chi connectivity index (χ0n) is 19.1. The van der Waals surface area contributed by atoms with Gasteiger partial charge < -0.3 is 0 Å². The van der Waals surface area contributed by atoms with Crippen LogP contribution in [0.2, 0.25) is 0 Å². The SMILES string of the molecule is Cc1ccc([C@H](c2nnnn2Cc2ccccc2)N2CCN(C3CCCCC3)CC2)cc1. The first kappa shape index (κ1) is 21.3. The van der Waals surface area contributed by atoms with Gasteiger partial charge in [0.05, 0.1) is 12.6 Å². The lowest BCUT2D eigenvalue weighted by Crippen LogP contribution is -2.52. The number of hydrogen-bond donors (Lipinski definition) is 0. The number of piperazine rings is 1. The van der Waals surface area contributed by atoms with Crippen LogP contribution in [0.15, 0.2) is 54.6 Å². The lowest BCUT2D eigenvalue weighted by atomic mass is 9.93. The zero-order valence-corrected chi connectivity index (χ0v) is 19.1. The van der Waals surface area contributed by atoms with Gasteiger partial charge in [-0.1, -0.05) is 79.4 Å². The quantitative estimate of drug-likeness (QED) is 0.590. The van der Waals surface area contributed by atoms with E-state index in [0.717, 1.165) is 38.0 Å². The van der Waals surface area contributed by atoms with Gasteiger partial charge in [-0.25, -0.2) is 4.68 Å². The Morgan fingerprint density at radius 3 is 2.31 bits per heavy atom. The maximum absolute atomic E-state index is 4.54. The van der Waals surface area contributed by atoms with Crippen LogP contribution in [-0.4, -0.2) is 62.2 Å². The van der Waals surface area contributed by atoms with Crippen LogP contribution < -0.4 is 0 Å². The molecule has 0 spiro atoms.